The van der Waals surface area contributed by atoms with Crippen molar-refractivity contribution in [2.45, 2.75) is 57.9 Å². The molecule has 4 rings (SSSR count). The lowest BCUT2D eigenvalue weighted by Gasteiger charge is -2.58. The molecule has 0 amide bonds. The van der Waals surface area contributed by atoms with E-state index in [1.54, 1.807) is 18.3 Å². The zero-order valence-corrected chi connectivity index (χ0v) is 14.2. The molecule has 1 spiro atoms. The van der Waals surface area contributed by atoms with E-state index in [4.69, 9.17) is 10.5 Å². The van der Waals surface area contributed by atoms with E-state index in [1.807, 2.05) is 0 Å². The minimum absolute atomic E-state index is 0.146. The minimum atomic E-state index is 0.146. The molecule has 0 saturated heterocycles. The molecule has 0 heterocycles. The Morgan fingerprint density at radius 1 is 1.23 bits per heavy atom. The van der Waals surface area contributed by atoms with Crippen molar-refractivity contribution >= 4 is 0 Å². The summed E-state index contributed by atoms with van der Waals surface area (Å²) in [6.07, 6.45) is 4.79. The first-order valence-corrected chi connectivity index (χ1v) is 8.56. The van der Waals surface area contributed by atoms with Gasteiger partial charge in [-0.3, -0.25) is 0 Å². The lowest BCUT2D eigenvalue weighted by molar-refractivity contribution is 0.0573. The smallest absolute Gasteiger partial charge is 0.119 e. The van der Waals surface area contributed by atoms with Crippen LogP contribution < -0.4 is 10.5 Å². The standard InChI is InChI=1S/C20H27NO/c1-12-13(2)20-10-7-14-5-6-15(22-4)11-17(14)19(20,3)9-8-16(12)18(20)21/h5-6,11,16,18H,7-10,21H2,1-4H3/t16-,18?,19+,20+/m1/s1. The van der Waals surface area contributed by atoms with Gasteiger partial charge in [0.25, 0.3) is 0 Å². The van der Waals surface area contributed by atoms with Crippen LogP contribution in [0.15, 0.2) is 29.3 Å². The largest absolute Gasteiger partial charge is 0.497 e. The second-order valence-corrected chi connectivity index (χ2v) is 7.81. The maximum atomic E-state index is 6.85. The fourth-order valence-electron chi connectivity index (χ4n) is 6.09. The Labute approximate surface area is 133 Å². The monoisotopic (exact) mass is 297 g/mol. The normalized spacial score (nSPS) is 39.5. The summed E-state index contributed by atoms with van der Waals surface area (Å²) < 4.78 is 5.51. The molecule has 2 N–H and O–H groups in total. The minimum Gasteiger partial charge on any atom is -0.497 e. The number of fused-ring (bicyclic) bond motifs is 3. The van der Waals surface area contributed by atoms with E-state index in [0.29, 0.717) is 5.92 Å². The van der Waals surface area contributed by atoms with Gasteiger partial charge in [-0.05, 0) is 68.7 Å². The molecule has 1 saturated carbocycles. The Kier molecular flexibility index (Phi) is 2.85. The summed E-state index contributed by atoms with van der Waals surface area (Å²) in [5.41, 5.74) is 13.3. The number of rotatable bonds is 1. The Morgan fingerprint density at radius 2 is 2.00 bits per heavy atom. The van der Waals surface area contributed by atoms with E-state index in [1.165, 1.54) is 30.4 Å². The Balaban J connectivity index is 1.97. The van der Waals surface area contributed by atoms with Gasteiger partial charge in [0.15, 0.2) is 0 Å². The van der Waals surface area contributed by atoms with E-state index < -0.39 is 0 Å². The average molecular weight is 297 g/mol. The average Bonchev–Trinajstić information content (AvgIpc) is 2.65. The predicted octanol–water partition coefficient (Wildman–Crippen LogP) is 3.97. The topological polar surface area (TPSA) is 35.2 Å². The van der Waals surface area contributed by atoms with Crippen molar-refractivity contribution < 1.29 is 4.74 Å². The van der Waals surface area contributed by atoms with Crippen molar-refractivity contribution in [3.63, 3.8) is 0 Å². The highest BCUT2D eigenvalue weighted by atomic mass is 16.5. The molecule has 118 valence electrons. The summed E-state index contributed by atoms with van der Waals surface area (Å²) in [6, 6.07) is 6.94. The summed E-state index contributed by atoms with van der Waals surface area (Å²) in [5.74, 6) is 1.57. The molecule has 0 radical (unpaired) electrons. The van der Waals surface area contributed by atoms with E-state index in [2.05, 4.69) is 39.0 Å². The van der Waals surface area contributed by atoms with Crippen LogP contribution in [0.5, 0.6) is 5.75 Å². The zero-order valence-electron chi connectivity index (χ0n) is 14.2. The Bertz CT molecular complexity index is 676. The van der Waals surface area contributed by atoms with Crippen molar-refractivity contribution in [2.75, 3.05) is 7.11 Å². The molecular weight excluding hydrogens is 270 g/mol. The van der Waals surface area contributed by atoms with Gasteiger partial charge in [0.1, 0.15) is 5.75 Å². The summed E-state index contributed by atoms with van der Waals surface area (Å²) in [5, 5.41) is 0. The first kappa shape index (κ1) is 14.3. The lowest BCUT2D eigenvalue weighted by atomic mass is 9.47. The van der Waals surface area contributed by atoms with Crippen LogP contribution >= 0.6 is 0 Å². The van der Waals surface area contributed by atoms with Crippen molar-refractivity contribution in [3.05, 3.63) is 40.5 Å². The third-order valence-electron chi connectivity index (χ3n) is 7.46. The number of nitrogens with two attached hydrogens (primary N) is 1. The van der Waals surface area contributed by atoms with Crippen molar-refractivity contribution in [1.29, 1.82) is 0 Å². The van der Waals surface area contributed by atoms with Gasteiger partial charge < -0.3 is 10.5 Å². The van der Waals surface area contributed by atoms with Crippen molar-refractivity contribution in [1.82, 2.24) is 0 Å². The van der Waals surface area contributed by atoms with Gasteiger partial charge in [0.05, 0.1) is 7.11 Å². The fourth-order valence-corrected chi connectivity index (χ4v) is 6.09. The molecule has 1 aromatic carbocycles. The van der Waals surface area contributed by atoms with Gasteiger partial charge in [0.2, 0.25) is 0 Å². The molecule has 1 unspecified atom stereocenters. The molecule has 2 heteroatoms. The third kappa shape index (κ3) is 1.40. The second kappa shape index (κ2) is 4.38. The highest BCUT2D eigenvalue weighted by molar-refractivity contribution is 5.51. The van der Waals surface area contributed by atoms with Crippen molar-refractivity contribution in [3.8, 4) is 5.75 Å². The highest BCUT2D eigenvalue weighted by Crippen LogP contribution is 2.67. The van der Waals surface area contributed by atoms with E-state index in [9.17, 15) is 0 Å². The summed E-state index contributed by atoms with van der Waals surface area (Å²) in [6.45, 7) is 7.13. The van der Waals surface area contributed by atoms with Gasteiger partial charge in [-0.15, -0.1) is 0 Å². The van der Waals surface area contributed by atoms with Crippen LogP contribution in [0.25, 0.3) is 0 Å². The van der Waals surface area contributed by atoms with Crippen LogP contribution in [-0.2, 0) is 11.8 Å². The number of benzene rings is 1. The molecule has 0 aromatic heterocycles. The van der Waals surface area contributed by atoms with Crippen molar-refractivity contribution in [2.24, 2.45) is 17.1 Å². The summed E-state index contributed by atoms with van der Waals surface area (Å²) >= 11 is 0. The van der Waals surface area contributed by atoms with Crippen LogP contribution in [0.4, 0.5) is 0 Å². The zero-order chi connectivity index (χ0) is 15.7. The highest BCUT2D eigenvalue weighted by Gasteiger charge is 2.63. The fraction of sp³-hybridized carbons (Fsp3) is 0.600. The summed E-state index contributed by atoms with van der Waals surface area (Å²) in [4.78, 5) is 0. The number of methoxy groups -OCH3 is 1. The maximum absolute atomic E-state index is 6.85. The maximum Gasteiger partial charge on any atom is 0.119 e. The first-order chi connectivity index (χ1) is 10.5. The van der Waals surface area contributed by atoms with E-state index in [-0.39, 0.29) is 16.9 Å². The lowest BCUT2D eigenvalue weighted by Crippen LogP contribution is -2.60. The molecule has 0 aliphatic heterocycles. The molecule has 3 aliphatic rings. The number of aryl methyl sites for hydroxylation is 1. The first-order valence-electron chi connectivity index (χ1n) is 8.56. The molecule has 3 aliphatic carbocycles. The van der Waals surface area contributed by atoms with Gasteiger partial charge in [-0.1, -0.05) is 24.1 Å². The van der Waals surface area contributed by atoms with Gasteiger partial charge in [-0.25, -0.2) is 0 Å². The van der Waals surface area contributed by atoms with Crippen LogP contribution in [-0.4, -0.2) is 13.2 Å². The summed E-state index contributed by atoms with van der Waals surface area (Å²) in [7, 11) is 1.76. The predicted molar refractivity (Wildman–Crippen MR) is 90.2 cm³/mol. The number of ether oxygens (including phenoxy) is 1. The van der Waals surface area contributed by atoms with Gasteiger partial charge >= 0.3 is 0 Å². The molecule has 1 fully saturated rings. The molecule has 2 nitrogen and oxygen atoms in total. The van der Waals surface area contributed by atoms with Gasteiger partial charge in [-0.2, -0.15) is 0 Å². The molecule has 2 bridgehead atoms. The molecular formula is C20H27NO. The molecule has 4 atom stereocenters. The van der Waals surface area contributed by atoms with Crippen LogP contribution in [0, 0.1) is 11.3 Å². The van der Waals surface area contributed by atoms with Crippen LogP contribution in [0.3, 0.4) is 0 Å². The van der Waals surface area contributed by atoms with Gasteiger partial charge in [0, 0.05) is 16.9 Å². The Morgan fingerprint density at radius 3 is 2.73 bits per heavy atom. The van der Waals surface area contributed by atoms with E-state index >= 15 is 0 Å². The molecule has 22 heavy (non-hydrogen) atoms. The number of hydrogen-bond acceptors (Lipinski definition) is 2. The Hall–Kier alpha value is -1.28. The quantitative estimate of drug-likeness (QED) is 0.796. The van der Waals surface area contributed by atoms with Crippen LogP contribution in [0.2, 0.25) is 0 Å². The second-order valence-electron chi connectivity index (χ2n) is 7.81. The molecule has 1 aromatic rings. The van der Waals surface area contributed by atoms with E-state index in [0.717, 1.165) is 12.2 Å². The number of hydrogen-bond donors (Lipinski definition) is 1. The SMILES string of the molecule is COc1ccc2c(c1)[C@]1(C)CC[C@@H]3C(C)=C(C)[C@@]1(CC2)C3N. The van der Waals surface area contributed by atoms with Crippen LogP contribution in [0.1, 0.15) is 51.2 Å². The third-order valence-corrected chi connectivity index (χ3v) is 7.46.